The van der Waals surface area contributed by atoms with Gasteiger partial charge in [0.25, 0.3) is 5.91 Å². The maximum absolute atomic E-state index is 12.4. The smallest absolute Gasteiger partial charge is 0.337 e. The van der Waals surface area contributed by atoms with Gasteiger partial charge in [0.1, 0.15) is 0 Å². The summed E-state index contributed by atoms with van der Waals surface area (Å²) in [6.45, 7) is 6.96. The number of benzene rings is 2. The molecule has 0 aromatic heterocycles. The molecule has 1 amide bonds. The highest BCUT2D eigenvalue weighted by Gasteiger charge is 2.20. The van der Waals surface area contributed by atoms with Crippen molar-refractivity contribution in [1.82, 2.24) is 4.90 Å². The lowest BCUT2D eigenvalue weighted by Crippen LogP contribution is -2.46. The van der Waals surface area contributed by atoms with Crippen LogP contribution in [0, 0.1) is 0 Å². The van der Waals surface area contributed by atoms with Crippen LogP contribution < -0.4 is 10.2 Å². The summed E-state index contributed by atoms with van der Waals surface area (Å²) in [6, 6.07) is 14.0. The van der Waals surface area contributed by atoms with Gasteiger partial charge in [0.2, 0.25) is 0 Å². The molecule has 0 saturated carbocycles. The van der Waals surface area contributed by atoms with Crippen molar-refractivity contribution in [2.75, 3.05) is 42.9 Å². The summed E-state index contributed by atoms with van der Waals surface area (Å²) >= 11 is 0. The largest absolute Gasteiger partial charge is 0.478 e. The Labute approximate surface area is 159 Å². The Hall–Kier alpha value is -2.86. The zero-order valence-electron chi connectivity index (χ0n) is 15.5. The predicted molar refractivity (Wildman–Crippen MR) is 107 cm³/mol. The van der Waals surface area contributed by atoms with Gasteiger partial charge in [0.15, 0.2) is 0 Å². The van der Waals surface area contributed by atoms with Crippen molar-refractivity contribution in [2.45, 2.75) is 13.3 Å². The van der Waals surface area contributed by atoms with Crippen LogP contribution in [0.15, 0.2) is 48.5 Å². The maximum Gasteiger partial charge on any atom is 0.337 e. The minimum atomic E-state index is -1.05. The fourth-order valence-corrected chi connectivity index (χ4v) is 3.34. The van der Waals surface area contributed by atoms with E-state index in [1.807, 2.05) is 12.1 Å². The molecule has 2 N–H and O–H groups in total. The van der Waals surface area contributed by atoms with Crippen LogP contribution in [0.25, 0.3) is 0 Å². The van der Waals surface area contributed by atoms with E-state index in [1.54, 1.807) is 36.4 Å². The van der Waals surface area contributed by atoms with E-state index in [0.29, 0.717) is 11.3 Å². The molecule has 3 rings (SSSR count). The van der Waals surface area contributed by atoms with Crippen LogP contribution in [0.5, 0.6) is 0 Å². The summed E-state index contributed by atoms with van der Waals surface area (Å²) in [5, 5.41) is 12.3. The first-order valence-electron chi connectivity index (χ1n) is 9.29. The zero-order chi connectivity index (χ0) is 19.2. The van der Waals surface area contributed by atoms with E-state index < -0.39 is 5.97 Å². The second-order valence-corrected chi connectivity index (χ2v) is 6.68. The second kappa shape index (κ2) is 8.68. The highest BCUT2D eigenvalue weighted by atomic mass is 16.4. The quantitative estimate of drug-likeness (QED) is 0.820. The average Bonchev–Trinajstić information content (AvgIpc) is 2.69. The summed E-state index contributed by atoms with van der Waals surface area (Å²) in [4.78, 5) is 28.7. The van der Waals surface area contributed by atoms with Crippen LogP contribution in [-0.2, 0) is 0 Å². The van der Waals surface area contributed by atoms with E-state index >= 15 is 0 Å². The van der Waals surface area contributed by atoms with E-state index in [-0.39, 0.29) is 11.5 Å². The van der Waals surface area contributed by atoms with Crippen molar-refractivity contribution in [1.29, 1.82) is 0 Å². The molecule has 1 heterocycles. The standard InChI is InChI=1S/C21H25N3O3/c1-2-10-23-11-13-24(14-12-23)17-8-9-19(18(15-17)21(26)27)22-20(25)16-6-4-3-5-7-16/h3-9,15H,2,10-14H2,1H3,(H,22,25)(H,26,27). The molecule has 142 valence electrons. The Morgan fingerprint density at radius 2 is 1.74 bits per heavy atom. The molecule has 6 heteroatoms. The van der Waals surface area contributed by atoms with Gasteiger partial charge in [-0.2, -0.15) is 0 Å². The number of carboxylic acid groups (broad SMARTS) is 1. The number of carbonyl (C=O) groups excluding carboxylic acids is 1. The molecule has 1 aliphatic heterocycles. The van der Waals surface area contributed by atoms with Crippen molar-refractivity contribution in [3.8, 4) is 0 Å². The van der Waals surface area contributed by atoms with Crippen LogP contribution in [0.2, 0.25) is 0 Å². The molecule has 2 aromatic rings. The summed E-state index contributed by atoms with van der Waals surface area (Å²) in [6.07, 6.45) is 1.14. The van der Waals surface area contributed by atoms with Crippen LogP contribution in [-0.4, -0.2) is 54.6 Å². The third-order valence-electron chi connectivity index (χ3n) is 4.80. The van der Waals surface area contributed by atoms with Gasteiger partial charge in [-0.25, -0.2) is 4.79 Å². The maximum atomic E-state index is 12.4. The molecule has 0 bridgehead atoms. The predicted octanol–water partition coefficient (Wildman–Crippen LogP) is 3.17. The molecule has 27 heavy (non-hydrogen) atoms. The lowest BCUT2D eigenvalue weighted by Gasteiger charge is -2.36. The first-order valence-corrected chi connectivity index (χ1v) is 9.29. The van der Waals surface area contributed by atoms with Gasteiger partial charge in [-0.05, 0) is 43.3 Å². The number of nitrogens with zero attached hydrogens (tertiary/aromatic N) is 2. The van der Waals surface area contributed by atoms with Crippen LogP contribution in [0.4, 0.5) is 11.4 Å². The molecule has 0 aliphatic carbocycles. The lowest BCUT2D eigenvalue weighted by atomic mass is 10.1. The number of carbonyl (C=O) groups is 2. The van der Waals surface area contributed by atoms with Gasteiger partial charge in [-0.15, -0.1) is 0 Å². The SMILES string of the molecule is CCCN1CCN(c2ccc(NC(=O)c3ccccc3)c(C(=O)O)c2)CC1. The highest BCUT2D eigenvalue weighted by molar-refractivity contribution is 6.08. The van der Waals surface area contributed by atoms with Gasteiger partial charge in [-0.1, -0.05) is 25.1 Å². The lowest BCUT2D eigenvalue weighted by molar-refractivity contribution is 0.0698. The molecule has 6 nitrogen and oxygen atoms in total. The van der Waals surface area contributed by atoms with E-state index in [0.717, 1.165) is 44.8 Å². The Balaban J connectivity index is 1.75. The fraction of sp³-hybridized carbons (Fsp3) is 0.333. The Bertz CT molecular complexity index is 800. The summed E-state index contributed by atoms with van der Waals surface area (Å²) in [5.41, 5.74) is 1.78. The molecule has 0 unspecified atom stereocenters. The Kier molecular flexibility index (Phi) is 6.08. The number of nitrogens with one attached hydrogen (secondary N) is 1. The molecule has 1 fully saturated rings. The van der Waals surface area contributed by atoms with Crippen molar-refractivity contribution < 1.29 is 14.7 Å². The van der Waals surface area contributed by atoms with Crippen molar-refractivity contribution in [3.63, 3.8) is 0 Å². The van der Waals surface area contributed by atoms with E-state index in [9.17, 15) is 14.7 Å². The number of anilines is 2. The van der Waals surface area contributed by atoms with Crippen molar-refractivity contribution >= 4 is 23.3 Å². The summed E-state index contributed by atoms with van der Waals surface area (Å²) < 4.78 is 0. The summed E-state index contributed by atoms with van der Waals surface area (Å²) in [5.74, 6) is -1.37. The first-order chi connectivity index (χ1) is 13.1. The number of amides is 1. The van der Waals surface area contributed by atoms with E-state index in [2.05, 4.69) is 22.0 Å². The normalized spacial score (nSPS) is 14.8. The molecule has 0 spiro atoms. The Morgan fingerprint density at radius 1 is 1.04 bits per heavy atom. The van der Waals surface area contributed by atoms with Crippen LogP contribution in [0.1, 0.15) is 34.1 Å². The van der Waals surface area contributed by atoms with E-state index in [4.69, 9.17) is 0 Å². The van der Waals surface area contributed by atoms with Gasteiger partial charge >= 0.3 is 5.97 Å². The molecular weight excluding hydrogens is 342 g/mol. The van der Waals surface area contributed by atoms with Crippen LogP contribution in [0.3, 0.4) is 0 Å². The number of hydrogen-bond acceptors (Lipinski definition) is 4. The fourth-order valence-electron chi connectivity index (χ4n) is 3.34. The molecular formula is C21H25N3O3. The Morgan fingerprint density at radius 3 is 2.37 bits per heavy atom. The van der Waals surface area contributed by atoms with Crippen molar-refractivity contribution in [2.24, 2.45) is 0 Å². The number of hydrogen-bond donors (Lipinski definition) is 2. The highest BCUT2D eigenvalue weighted by Crippen LogP contribution is 2.25. The second-order valence-electron chi connectivity index (χ2n) is 6.68. The van der Waals surface area contributed by atoms with Gasteiger partial charge in [-0.3, -0.25) is 9.69 Å². The van der Waals surface area contributed by atoms with Crippen molar-refractivity contribution in [3.05, 3.63) is 59.7 Å². The third kappa shape index (κ3) is 4.65. The molecule has 0 atom stereocenters. The summed E-state index contributed by atoms with van der Waals surface area (Å²) in [7, 11) is 0. The molecule has 2 aromatic carbocycles. The van der Waals surface area contributed by atoms with Gasteiger partial charge in [0.05, 0.1) is 11.3 Å². The van der Waals surface area contributed by atoms with Crippen LogP contribution >= 0.6 is 0 Å². The number of rotatable bonds is 6. The van der Waals surface area contributed by atoms with Gasteiger partial charge in [0, 0.05) is 37.4 Å². The number of piperazine rings is 1. The van der Waals surface area contributed by atoms with Gasteiger partial charge < -0.3 is 15.3 Å². The van der Waals surface area contributed by atoms with E-state index in [1.165, 1.54) is 0 Å². The monoisotopic (exact) mass is 367 g/mol. The average molecular weight is 367 g/mol. The molecule has 1 aliphatic rings. The zero-order valence-corrected chi connectivity index (χ0v) is 15.5. The number of carboxylic acids is 1. The molecule has 0 radical (unpaired) electrons. The first kappa shape index (κ1) is 18.9. The topological polar surface area (TPSA) is 72.9 Å². The third-order valence-corrected chi connectivity index (χ3v) is 4.80. The molecule has 1 saturated heterocycles. The minimum absolute atomic E-state index is 0.104. The number of aromatic carboxylic acids is 1. The minimum Gasteiger partial charge on any atom is -0.478 e.